The lowest BCUT2D eigenvalue weighted by Gasteiger charge is -2.42. The van der Waals surface area contributed by atoms with Crippen LogP contribution < -0.4 is 4.74 Å². The summed E-state index contributed by atoms with van der Waals surface area (Å²) in [6.45, 7) is 2.32. The summed E-state index contributed by atoms with van der Waals surface area (Å²) in [5, 5.41) is 1.07. The van der Waals surface area contributed by atoms with E-state index in [2.05, 4.69) is 6.92 Å². The summed E-state index contributed by atoms with van der Waals surface area (Å²) in [6, 6.07) is 7.22. The first kappa shape index (κ1) is 17.8. The molecular formula is C23H28F2O. The van der Waals surface area contributed by atoms with Crippen LogP contribution in [0.15, 0.2) is 24.3 Å². The van der Waals surface area contributed by atoms with E-state index >= 15 is 0 Å². The van der Waals surface area contributed by atoms with E-state index < -0.39 is 11.6 Å². The molecule has 0 spiro atoms. The zero-order valence-corrected chi connectivity index (χ0v) is 15.7. The molecule has 2 aliphatic carbocycles. The molecule has 0 saturated heterocycles. The quantitative estimate of drug-likeness (QED) is 0.584. The first-order chi connectivity index (χ1) is 12.6. The summed E-state index contributed by atoms with van der Waals surface area (Å²) >= 11 is 0. The number of ether oxygens (including phenoxy) is 1. The molecule has 2 fully saturated rings. The van der Waals surface area contributed by atoms with E-state index in [0.29, 0.717) is 16.7 Å². The molecule has 1 nitrogen and oxygen atoms in total. The molecule has 0 amide bonds. The molecule has 0 heterocycles. The average molecular weight is 358 g/mol. The number of halogens is 2. The van der Waals surface area contributed by atoms with Crippen molar-refractivity contribution in [2.75, 3.05) is 7.11 Å². The average Bonchev–Trinajstić information content (AvgIpc) is 2.67. The minimum atomic E-state index is -0.628. The van der Waals surface area contributed by atoms with Gasteiger partial charge in [-0.15, -0.1) is 0 Å². The molecule has 4 rings (SSSR count). The molecule has 0 N–H and O–H groups in total. The fourth-order valence-electron chi connectivity index (χ4n) is 5.43. The maximum atomic E-state index is 14.4. The Morgan fingerprint density at radius 2 is 1.77 bits per heavy atom. The van der Waals surface area contributed by atoms with Crippen molar-refractivity contribution in [3.8, 4) is 5.75 Å². The topological polar surface area (TPSA) is 9.23 Å². The number of hydrogen-bond acceptors (Lipinski definition) is 1. The van der Waals surface area contributed by atoms with E-state index in [4.69, 9.17) is 4.74 Å². The van der Waals surface area contributed by atoms with Crippen LogP contribution in [0.5, 0.6) is 5.75 Å². The Kier molecular flexibility index (Phi) is 4.90. The lowest BCUT2D eigenvalue weighted by molar-refractivity contribution is 0.116. The summed E-state index contributed by atoms with van der Waals surface area (Å²) in [6.07, 6.45) is 9.18. The van der Waals surface area contributed by atoms with Crippen LogP contribution in [0.4, 0.5) is 8.78 Å². The minimum absolute atomic E-state index is 0.293. The lowest BCUT2D eigenvalue weighted by Crippen LogP contribution is -2.30. The van der Waals surface area contributed by atoms with Crippen LogP contribution in [0.3, 0.4) is 0 Å². The molecule has 2 aliphatic rings. The van der Waals surface area contributed by atoms with Crippen molar-refractivity contribution in [3.05, 3.63) is 41.5 Å². The Balaban J connectivity index is 1.58. The molecule has 4 atom stereocenters. The molecule has 2 aromatic rings. The van der Waals surface area contributed by atoms with E-state index in [1.165, 1.54) is 63.7 Å². The van der Waals surface area contributed by atoms with Gasteiger partial charge in [0.25, 0.3) is 0 Å². The fourth-order valence-corrected chi connectivity index (χ4v) is 5.43. The van der Waals surface area contributed by atoms with Gasteiger partial charge in [0.05, 0.1) is 7.11 Å². The molecule has 0 bridgehead atoms. The highest BCUT2D eigenvalue weighted by Gasteiger charge is 2.35. The first-order valence-electron chi connectivity index (χ1n) is 10.1. The zero-order chi connectivity index (χ0) is 18.3. The molecule has 26 heavy (non-hydrogen) atoms. The predicted molar refractivity (Wildman–Crippen MR) is 102 cm³/mol. The third kappa shape index (κ3) is 3.10. The standard InChI is InChI=1S/C23H28F2O/c1-3-14-4-5-16-11-17(7-6-15(16)10-14)18-8-9-20-19(12-18)13-21(24)23(26-2)22(20)25/h8-9,12-17H,3-7,10-11H2,1-2H3/t14?,15-,16?,17-/m1/s1. The SMILES string of the molecule is CCC1CCC2C[C@H](c3ccc4c(F)c(OC)c(F)cc4c3)CC[C@@H]2C1. The van der Waals surface area contributed by atoms with Crippen LogP contribution in [-0.2, 0) is 0 Å². The van der Waals surface area contributed by atoms with Gasteiger partial charge in [-0.05, 0) is 72.8 Å². The summed E-state index contributed by atoms with van der Waals surface area (Å²) < 4.78 is 33.4. The molecule has 140 valence electrons. The smallest absolute Gasteiger partial charge is 0.191 e. The second-order valence-electron chi connectivity index (χ2n) is 8.30. The zero-order valence-electron chi connectivity index (χ0n) is 15.7. The molecular weight excluding hydrogens is 330 g/mol. The minimum Gasteiger partial charge on any atom is -0.491 e. The highest BCUT2D eigenvalue weighted by Crippen LogP contribution is 2.48. The van der Waals surface area contributed by atoms with Gasteiger partial charge < -0.3 is 4.74 Å². The largest absolute Gasteiger partial charge is 0.491 e. The van der Waals surface area contributed by atoms with Crippen molar-refractivity contribution in [2.24, 2.45) is 17.8 Å². The van der Waals surface area contributed by atoms with Crippen molar-refractivity contribution in [2.45, 2.75) is 57.8 Å². The number of rotatable bonds is 3. The molecule has 0 aliphatic heterocycles. The molecule has 0 radical (unpaired) electrons. The molecule has 3 heteroatoms. The Hall–Kier alpha value is -1.64. The number of methoxy groups -OCH3 is 1. The van der Waals surface area contributed by atoms with Gasteiger partial charge in [0.2, 0.25) is 0 Å². The van der Waals surface area contributed by atoms with E-state index in [1.807, 2.05) is 12.1 Å². The van der Waals surface area contributed by atoms with Gasteiger partial charge >= 0.3 is 0 Å². The third-order valence-corrected chi connectivity index (χ3v) is 6.99. The Labute approximate surface area is 154 Å². The van der Waals surface area contributed by atoms with Gasteiger partial charge in [-0.25, -0.2) is 8.78 Å². The maximum absolute atomic E-state index is 14.4. The molecule has 2 unspecified atom stereocenters. The van der Waals surface area contributed by atoms with E-state index in [1.54, 1.807) is 6.07 Å². The van der Waals surface area contributed by atoms with Crippen LogP contribution in [0.1, 0.15) is 63.4 Å². The summed E-state index contributed by atoms with van der Waals surface area (Å²) in [5.74, 6) is 1.65. The van der Waals surface area contributed by atoms with Gasteiger partial charge in [0, 0.05) is 5.39 Å². The van der Waals surface area contributed by atoms with Crippen LogP contribution in [-0.4, -0.2) is 7.11 Å². The Bertz CT molecular complexity index is 800. The van der Waals surface area contributed by atoms with Gasteiger partial charge in [-0.2, -0.15) is 0 Å². The number of benzene rings is 2. The van der Waals surface area contributed by atoms with E-state index in [9.17, 15) is 8.78 Å². The predicted octanol–water partition coefficient (Wildman–Crippen LogP) is 6.84. The Morgan fingerprint density at radius 3 is 2.54 bits per heavy atom. The van der Waals surface area contributed by atoms with Gasteiger partial charge in [-0.3, -0.25) is 0 Å². The number of hydrogen-bond donors (Lipinski definition) is 0. The van der Waals surface area contributed by atoms with Crippen LogP contribution in [0, 0.1) is 29.4 Å². The molecule has 2 aromatic carbocycles. The molecule has 0 aromatic heterocycles. The molecule has 2 saturated carbocycles. The van der Waals surface area contributed by atoms with Crippen molar-refractivity contribution >= 4 is 10.8 Å². The first-order valence-corrected chi connectivity index (χ1v) is 10.1. The van der Waals surface area contributed by atoms with Crippen molar-refractivity contribution in [1.29, 1.82) is 0 Å². The van der Waals surface area contributed by atoms with E-state index in [0.717, 1.165) is 17.8 Å². The van der Waals surface area contributed by atoms with Gasteiger partial charge in [0.1, 0.15) is 0 Å². The summed E-state index contributed by atoms with van der Waals surface area (Å²) in [4.78, 5) is 0. The Morgan fingerprint density at radius 1 is 1.00 bits per heavy atom. The van der Waals surface area contributed by atoms with Crippen LogP contribution in [0.25, 0.3) is 10.8 Å². The van der Waals surface area contributed by atoms with Gasteiger partial charge in [-0.1, -0.05) is 38.0 Å². The highest BCUT2D eigenvalue weighted by atomic mass is 19.1. The highest BCUT2D eigenvalue weighted by molar-refractivity contribution is 5.85. The fraction of sp³-hybridized carbons (Fsp3) is 0.565. The lowest BCUT2D eigenvalue weighted by atomic mass is 9.63. The third-order valence-electron chi connectivity index (χ3n) is 6.99. The number of fused-ring (bicyclic) bond motifs is 2. The van der Waals surface area contributed by atoms with Crippen LogP contribution in [0.2, 0.25) is 0 Å². The normalized spacial score (nSPS) is 28.8. The second-order valence-corrected chi connectivity index (χ2v) is 8.30. The van der Waals surface area contributed by atoms with Crippen LogP contribution >= 0.6 is 0 Å². The summed E-state index contributed by atoms with van der Waals surface area (Å²) in [5.41, 5.74) is 1.23. The van der Waals surface area contributed by atoms with Gasteiger partial charge in [0.15, 0.2) is 17.4 Å². The maximum Gasteiger partial charge on any atom is 0.191 e. The van der Waals surface area contributed by atoms with Crippen molar-refractivity contribution < 1.29 is 13.5 Å². The van der Waals surface area contributed by atoms with Crippen molar-refractivity contribution in [1.82, 2.24) is 0 Å². The summed E-state index contributed by atoms with van der Waals surface area (Å²) in [7, 11) is 1.30. The van der Waals surface area contributed by atoms with E-state index in [-0.39, 0.29) is 5.75 Å². The monoisotopic (exact) mass is 358 g/mol. The second kappa shape index (κ2) is 7.17. The van der Waals surface area contributed by atoms with Crippen molar-refractivity contribution in [3.63, 3.8) is 0 Å².